The molecule has 1 amide bonds. The molecule has 1 aliphatic rings. The van der Waals surface area contributed by atoms with Crippen LogP contribution in [0.2, 0.25) is 0 Å². The number of alkyl halides is 3. The van der Waals surface area contributed by atoms with Gasteiger partial charge in [-0.3, -0.25) is 4.79 Å². The van der Waals surface area contributed by atoms with Gasteiger partial charge in [-0.25, -0.2) is 0 Å². The summed E-state index contributed by atoms with van der Waals surface area (Å²) >= 11 is 0. The Balaban J connectivity index is 1.70. The van der Waals surface area contributed by atoms with Crippen LogP contribution >= 0.6 is 0 Å². The van der Waals surface area contributed by atoms with E-state index in [-0.39, 0.29) is 23.7 Å². The van der Waals surface area contributed by atoms with E-state index in [1.54, 1.807) is 36.4 Å². The summed E-state index contributed by atoms with van der Waals surface area (Å²) in [6.07, 6.45) is -0.644. The van der Waals surface area contributed by atoms with Gasteiger partial charge in [-0.15, -0.1) is 13.2 Å². The van der Waals surface area contributed by atoms with E-state index in [2.05, 4.69) is 4.74 Å². The molecule has 1 aliphatic heterocycles. The van der Waals surface area contributed by atoms with E-state index >= 15 is 0 Å². The Morgan fingerprint density at radius 3 is 2.52 bits per heavy atom. The molecule has 8 heteroatoms. The first-order chi connectivity index (χ1) is 13.8. The van der Waals surface area contributed by atoms with Crippen LogP contribution in [0.4, 0.5) is 13.2 Å². The Labute approximate surface area is 165 Å². The molecule has 152 valence electrons. The highest BCUT2D eigenvalue weighted by molar-refractivity contribution is 5.93. The smallest absolute Gasteiger partial charge is 0.489 e. The topological polar surface area (TPSA) is 70.8 Å². The minimum absolute atomic E-state index is 0.0894. The van der Waals surface area contributed by atoms with Crippen molar-refractivity contribution >= 4 is 11.5 Å². The number of hydrogen-bond acceptors (Lipinski definition) is 4. The molecule has 0 unspecified atom stereocenters. The fourth-order valence-corrected chi connectivity index (χ4v) is 2.72. The minimum Gasteiger partial charge on any atom is -0.489 e. The summed E-state index contributed by atoms with van der Waals surface area (Å²) in [6.45, 7) is 0.271. The van der Waals surface area contributed by atoms with Crippen molar-refractivity contribution in [3.63, 3.8) is 0 Å². The number of halogens is 3. The van der Waals surface area contributed by atoms with Crippen LogP contribution in [0.15, 0.2) is 66.4 Å². The first kappa shape index (κ1) is 20.3. The molecule has 0 radical (unpaired) electrons. The van der Waals surface area contributed by atoms with Crippen molar-refractivity contribution in [2.24, 2.45) is 5.73 Å². The van der Waals surface area contributed by atoms with Gasteiger partial charge in [-0.05, 0) is 35.4 Å². The number of ether oxygens (including phenoxy) is 3. The first-order valence-corrected chi connectivity index (χ1v) is 8.73. The van der Waals surface area contributed by atoms with Crippen molar-refractivity contribution in [3.8, 4) is 11.5 Å². The van der Waals surface area contributed by atoms with Crippen molar-refractivity contribution in [1.82, 2.24) is 0 Å². The van der Waals surface area contributed by atoms with Crippen molar-refractivity contribution < 1.29 is 32.2 Å². The van der Waals surface area contributed by atoms with Crippen LogP contribution in [0, 0.1) is 0 Å². The fourth-order valence-electron chi connectivity index (χ4n) is 2.72. The molecule has 0 fully saturated rings. The quantitative estimate of drug-likeness (QED) is 0.776. The van der Waals surface area contributed by atoms with Crippen LogP contribution in [0.25, 0.3) is 5.57 Å². The van der Waals surface area contributed by atoms with Crippen LogP contribution in [-0.4, -0.2) is 18.9 Å². The number of rotatable bonds is 6. The van der Waals surface area contributed by atoms with Gasteiger partial charge >= 0.3 is 6.36 Å². The van der Waals surface area contributed by atoms with Gasteiger partial charge in [0.25, 0.3) is 5.91 Å². The van der Waals surface area contributed by atoms with Crippen LogP contribution in [0.1, 0.15) is 17.5 Å². The zero-order chi connectivity index (χ0) is 20.9. The summed E-state index contributed by atoms with van der Waals surface area (Å²) in [6, 6.07) is 12.7. The molecule has 0 aromatic heterocycles. The van der Waals surface area contributed by atoms with Crippen molar-refractivity contribution in [2.45, 2.75) is 19.4 Å². The molecule has 2 aromatic carbocycles. The second-order valence-electron chi connectivity index (χ2n) is 6.14. The highest BCUT2D eigenvalue weighted by atomic mass is 19.4. The maximum absolute atomic E-state index is 12.5. The van der Waals surface area contributed by atoms with Crippen LogP contribution in [0.3, 0.4) is 0 Å². The molecule has 0 saturated heterocycles. The summed E-state index contributed by atoms with van der Waals surface area (Å²) in [5.41, 5.74) is 7.16. The molecular weight excluding hydrogens is 387 g/mol. The lowest BCUT2D eigenvalue weighted by Crippen LogP contribution is -2.18. The summed E-state index contributed by atoms with van der Waals surface area (Å²) in [5.74, 6) is -0.377. The molecule has 3 rings (SSSR count). The normalized spacial score (nSPS) is 14.2. The molecule has 1 heterocycles. The lowest BCUT2D eigenvalue weighted by atomic mass is 10.0. The molecule has 0 saturated carbocycles. The zero-order valence-electron chi connectivity index (χ0n) is 15.2. The average molecular weight is 405 g/mol. The van der Waals surface area contributed by atoms with Gasteiger partial charge in [0.2, 0.25) is 0 Å². The summed E-state index contributed by atoms with van der Waals surface area (Å²) in [5, 5.41) is 0. The Kier molecular flexibility index (Phi) is 6.11. The molecule has 29 heavy (non-hydrogen) atoms. The lowest BCUT2D eigenvalue weighted by molar-refractivity contribution is -0.275. The van der Waals surface area contributed by atoms with E-state index in [1.165, 1.54) is 18.2 Å². The number of para-hydroxylation sites is 1. The van der Waals surface area contributed by atoms with Crippen molar-refractivity contribution in [1.29, 1.82) is 0 Å². The molecule has 0 atom stereocenters. The molecule has 2 N–H and O–H groups in total. The summed E-state index contributed by atoms with van der Waals surface area (Å²) < 4.78 is 52.4. The van der Waals surface area contributed by atoms with Gasteiger partial charge < -0.3 is 19.9 Å². The van der Waals surface area contributed by atoms with Gasteiger partial charge in [0.15, 0.2) is 5.76 Å². The van der Waals surface area contributed by atoms with E-state index in [0.29, 0.717) is 18.8 Å². The maximum atomic E-state index is 12.5. The summed E-state index contributed by atoms with van der Waals surface area (Å²) in [4.78, 5) is 11.4. The Morgan fingerprint density at radius 1 is 1.10 bits per heavy atom. The lowest BCUT2D eigenvalue weighted by Gasteiger charge is -2.14. The number of primary amides is 1. The number of nitrogens with two attached hydrogens (primary N) is 1. The van der Waals surface area contributed by atoms with Gasteiger partial charge in [0.1, 0.15) is 18.1 Å². The van der Waals surface area contributed by atoms with Crippen molar-refractivity contribution in [2.75, 3.05) is 6.61 Å². The third-order valence-corrected chi connectivity index (χ3v) is 4.05. The van der Waals surface area contributed by atoms with E-state index in [4.69, 9.17) is 15.2 Å². The maximum Gasteiger partial charge on any atom is 0.573 e. The number of hydrogen-bond donors (Lipinski definition) is 1. The number of allylic oxidation sites excluding steroid dienone is 2. The molecular formula is C21H18F3NO4. The number of amides is 1. The summed E-state index contributed by atoms with van der Waals surface area (Å²) in [7, 11) is 0. The Bertz CT molecular complexity index is 934. The average Bonchev–Trinajstić information content (AvgIpc) is 2.93. The molecule has 0 bridgehead atoms. The Morgan fingerprint density at radius 2 is 1.83 bits per heavy atom. The fraction of sp³-hybridized carbons (Fsp3) is 0.190. The van der Waals surface area contributed by atoms with Gasteiger partial charge in [0.05, 0.1) is 6.61 Å². The largest absolute Gasteiger partial charge is 0.573 e. The second-order valence-corrected chi connectivity index (χ2v) is 6.14. The monoisotopic (exact) mass is 405 g/mol. The van der Waals surface area contributed by atoms with Gasteiger partial charge in [-0.1, -0.05) is 36.4 Å². The number of carbonyl (C=O) groups is 1. The van der Waals surface area contributed by atoms with E-state index in [0.717, 1.165) is 11.1 Å². The third-order valence-electron chi connectivity index (χ3n) is 4.05. The molecule has 0 aliphatic carbocycles. The van der Waals surface area contributed by atoms with Crippen molar-refractivity contribution in [3.05, 3.63) is 77.6 Å². The van der Waals surface area contributed by atoms with Gasteiger partial charge in [-0.2, -0.15) is 0 Å². The number of carbonyl (C=O) groups excluding carboxylic acids is 1. The van der Waals surface area contributed by atoms with Crippen LogP contribution < -0.4 is 15.2 Å². The molecule has 0 spiro atoms. The standard InChI is InChI=1S/C21H18F3NO4/c22-21(23,24)29-18-6-2-1-4-16(18)13-28-17-9-7-14(8-10-17)15-5-3-11-27-19(12-15)20(25)26/h1-2,4-10,12H,3,11,13H2,(H2,25,26). The molecule has 5 nitrogen and oxygen atoms in total. The predicted octanol–water partition coefficient (Wildman–Crippen LogP) is 4.34. The highest BCUT2D eigenvalue weighted by Gasteiger charge is 2.32. The highest BCUT2D eigenvalue weighted by Crippen LogP contribution is 2.28. The first-order valence-electron chi connectivity index (χ1n) is 8.73. The SMILES string of the molecule is NC(=O)C1=CC(c2ccc(OCc3ccccc3OC(F)(F)F)cc2)=CCCO1. The Hall–Kier alpha value is -3.42. The van der Waals surface area contributed by atoms with Gasteiger partial charge in [0, 0.05) is 12.0 Å². The van der Waals surface area contributed by atoms with Crippen LogP contribution in [0.5, 0.6) is 11.5 Å². The van der Waals surface area contributed by atoms with E-state index < -0.39 is 12.3 Å². The van der Waals surface area contributed by atoms with Crippen LogP contribution in [-0.2, 0) is 16.1 Å². The minimum atomic E-state index is -4.77. The number of benzene rings is 2. The predicted molar refractivity (Wildman–Crippen MR) is 99.7 cm³/mol. The van der Waals surface area contributed by atoms with E-state index in [1.807, 2.05) is 6.08 Å². The second kappa shape index (κ2) is 8.72. The van der Waals surface area contributed by atoms with E-state index in [9.17, 15) is 18.0 Å². The zero-order valence-corrected chi connectivity index (χ0v) is 15.2. The molecule has 2 aromatic rings. The third kappa shape index (κ3) is 5.78.